The van der Waals surface area contributed by atoms with Gasteiger partial charge in [-0.2, -0.15) is 0 Å². The first-order chi connectivity index (χ1) is 14.0. The minimum absolute atomic E-state index is 0.00776. The summed E-state index contributed by atoms with van der Waals surface area (Å²) in [6.07, 6.45) is 2.83. The average molecular weight is 428 g/mol. The Morgan fingerprint density at radius 3 is 2.83 bits per heavy atom. The van der Waals surface area contributed by atoms with Crippen LogP contribution in [0.1, 0.15) is 31.4 Å². The fourth-order valence-electron chi connectivity index (χ4n) is 3.67. The quantitative estimate of drug-likeness (QED) is 0.533. The summed E-state index contributed by atoms with van der Waals surface area (Å²) < 4.78 is 6.16. The molecule has 0 N–H and O–H groups in total. The Hall–Kier alpha value is -1.96. The van der Waals surface area contributed by atoms with E-state index in [-0.39, 0.29) is 11.9 Å². The van der Waals surface area contributed by atoms with E-state index in [0.717, 1.165) is 47.4 Å². The number of amides is 1. The molecule has 2 aromatic rings. The molecule has 3 heterocycles. The second-order valence-electron chi connectivity index (χ2n) is 7.46. The van der Waals surface area contributed by atoms with Crippen molar-refractivity contribution in [1.29, 1.82) is 0 Å². The van der Waals surface area contributed by atoms with Gasteiger partial charge in [0.2, 0.25) is 0 Å². The van der Waals surface area contributed by atoms with Gasteiger partial charge < -0.3 is 9.64 Å². The molecule has 152 valence electrons. The molecule has 1 aromatic carbocycles. The van der Waals surface area contributed by atoms with Gasteiger partial charge >= 0.3 is 0 Å². The lowest BCUT2D eigenvalue weighted by Crippen LogP contribution is -2.37. The number of benzene rings is 1. The lowest BCUT2D eigenvalue weighted by atomic mass is 10.1. The number of carbonyl (C=O) groups is 1. The zero-order valence-electron chi connectivity index (χ0n) is 17.0. The van der Waals surface area contributed by atoms with Gasteiger partial charge in [-0.15, -0.1) is 0 Å². The molecule has 2 saturated heterocycles. The van der Waals surface area contributed by atoms with E-state index in [4.69, 9.17) is 21.9 Å². The predicted molar refractivity (Wildman–Crippen MR) is 124 cm³/mol. The fraction of sp³-hybridized carbons (Fsp3) is 0.409. The zero-order valence-corrected chi connectivity index (χ0v) is 18.6. The maximum absolute atomic E-state index is 13.0. The smallest absolute Gasteiger partial charge is 0.266 e. The maximum Gasteiger partial charge on any atom is 0.266 e. The van der Waals surface area contributed by atoms with Crippen molar-refractivity contribution in [3.8, 4) is 0 Å². The number of rotatable bonds is 4. The van der Waals surface area contributed by atoms with Gasteiger partial charge in [0, 0.05) is 30.1 Å². The third-order valence-corrected chi connectivity index (χ3v) is 6.84. The van der Waals surface area contributed by atoms with Crippen LogP contribution in [0.25, 0.3) is 17.0 Å². The number of morpholine rings is 1. The Labute approximate surface area is 181 Å². The van der Waals surface area contributed by atoms with Crippen molar-refractivity contribution in [1.82, 2.24) is 9.88 Å². The van der Waals surface area contributed by atoms with Crippen LogP contribution in [0.3, 0.4) is 0 Å². The normalized spacial score (nSPS) is 20.2. The largest absolute Gasteiger partial charge is 0.378 e. The molecule has 2 aliphatic heterocycles. The van der Waals surface area contributed by atoms with Crippen molar-refractivity contribution in [3.05, 3.63) is 40.3 Å². The topological polar surface area (TPSA) is 45.7 Å². The second-order valence-corrected chi connectivity index (χ2v) is 9.13. The summed E-state index contributed by atoms with van der Waals surface area (Å²) in [6.45, 7) is 9.13. The monoisotopic (exact) mass is 427 g/mol. The highest BCUT2D eigenvalue weighted by Crippen LogP contribution is 2.36. The molecule has 5 nitrogen and oxygen atoms in total. The summed E-state index contributed by atoms with van der Waals surface area (Å²) in [5, 5.41) is 1.07. The highest BCUT2D eigenvalue weighted by Gasteiger charge is 2.35. The van der Waals surface area contributed by atoms with Crippen molar-refractivity contribution < 1.29 is 9.53 Å². The Bertz CT molecular complexity index is 999. The van der Waals surface area contributed by atoms with E-state index >= 15 is 0 Å². The van der Waals surface area contributed by atoms with Crippen LogP contribution < -0.4 is 4.90 Å². The molecular formula is C22H25N3O2S2. The fourth-order valence-corrected chi connectivity index (χ4v) is 5.12. The van der Waals surface area contributed by atoms with E-state index in [0.29, 0.717) is 22.4 Å². The molecule has 1 amide bonds. The van der Waals surface area contributed by atoms with Crippen LogP contribution in [0.4, 0.5) is 5.82 Å². The highest BCUT2D eigenvalue weighted by atomic mass is 32.2. The number of pyridine rings is 1. The first kappa shape index (κ1) is 20.3. The molecule has 0 bridgehead atoms. The first-order valence-corrected chi connectivity index (χ1v) is 11.2. The third-order valence-electron chi connectivity index (χ3n) is 5.51. The van der Waals surface area contributed by atoms with Crippen molar-refractivity contribution in [3.63, 3.8) is 0 Å². The summed E-state index contributed by atoms with van der Waals surface area (Å²) in [5.41, 5.74) is 3.10. The second kappa shape index (κ2) is 8.42. The zero-order chi connectivity index (χ0) is 20.5. The van der Waals surface area contributed by atoms with Gasteiger partial charge in [-0.1, -0.05) is 49.1 Å². The number of aromatic nitrogens is 1. The van der Waals surface area contributed by atoms with Crippen LogP contribution in [-0.2, 0) is 9.53 Å². The van der Waals surface area contributed by atoms with E-state index in [2.05, 4.69) is 36.9 Å². The number of ether oxygens (including phenoxy) is 1. The number of hydrogen-bond acceptors (Lipinski definition) is 6. The number of anilines is 1. The molecular weight excluding hydrogens is 402 g/mol. The molecule has 0 saturated carbocycles. The minimum Gasteiger partial charge on any atom is -0.378 e. The summed E-state index contributed by atoms with van der Waals surface area (Å²) in [6, 6.07) is 8.43. The number of hydrogen-bond donors (Lipinski definition) is 0. The van der Waals surface area contributed by atoms with E-state index in [1.165, 1.54) is 11.8 Å². The van der Waals surface area contributed by atoms with E-state index in [1.807, 2.05) is 19.1 Å². The molecule has 1 unspecified atom stereocenters. The summed E-state index contributed by atoms with van der Waals surface area (Å²) in [5.74, 6) is 0.899. The van der Waals surface area contributed by atoms with Crippen LogP contribution in [-0.4, -0.2) is 52.5 Å². The number of aryl methyl sites for hydroxylation is 1. The molecule has 2 aliphatic rings. The van der Waals surface area contributed by atoms with Gasteiger partial charge in [0.1, 0.15) is 10.1 Å². The van der Waals surface area contributed by atoms with Gasteiger partial charge in [0.25, 0.3) is 5.91 Å². The predicted octanol–water partition coefficient (Wildman–Crippen LogP) is 4.38. The van der Waals surface area contributed by atoms with Gasteiger partial charge in [0.15, 0.2) is 0 Å². The van der Waals surface area contributed by atoms with Crippen LogP contribution in [0.5, 0.6) is 0 Å². The SMILES string of the molecule is CCC(C)N1C(=O)/C(=C/c2cc3cccc(C)c3nc2N2CCOCC2)SC1=S. The maximum atomic E-state index is 13.0. The van der Waals surface area contributed by atoms with Gasteiger partial charge in [-0.3, -0.25) is 9.69 Å². The molecule has 0 aliphatic carbocycles. The average Bonchev–Trinajstić information content (AvgIpc) is 3.01. The van der Waals surface area contributed by atoms with Crippen LogP contribution >= 0.6 is 24.0 Å². The Kier molecular flexibility index (Phi) is 5.90. The third kappa shape index (κ3) is 3.91. The lowest BCUT2D eigenvalue weighted by molar-refractivity contribution is -0.123. The van der Waals surface area contributed by atoms with Gasteiger partial charge in [0.05, 0.1) is 23.6 Å². The molecule has 29 heavy (non-hydrogen) atoms. The van der Waals surface area contributed by atoms with Crippen LogP contribution in [0.2, 0.25) is 0 Å². The molecule has 4 rings (SSSR count). The number of fused-ring (bicyclic) bond motifs is 1. The summed E-state index contributed by atoms with van der Waals surface area (Å²) in [7, 11) is 0. The van der Waals surface area contributed by atoms with Crippen LogP contribution in [0.15, 0.2) is 29.2 Å². The van der Waals surface area contributed by atoms with Crippen LogP contribution in [0, 0.1) is 6.92 Å². The van der Waals surface area contributed by atoms with E-state index in [1.54, 1.807) is 4.90 Å². The summed E-state index contributed by atoms with van der Waals surface area (Å²) in [4.78, 5) is 22.7. The lowest BCUT2D eigenvalue weighted by Gasteiger charge is -2.29. The van der Waals surface area contributed by atoms with Crippen molar-refractivity contribution in [2.75, 3.05) is 31.2 Å². The highest BCUT2D eigenvalue weighted by molar-refractivity contribution is 8.26. The molecule has 0 radical (unpaired) electrons. The summed E-state index contributed by atoms with van der Waals surface area (Å²) >= 11 is 6.87. The number of nitrogens with zero attached hydrogens (tertiary/aromatic N) is 3. The number of thiocarbonyl (C=S) groups is 1. The van der Waals surface area contributed by atoms with Gasteiger partial charge in [-0.25, -0.2) is 4.98 Å². The molecule has 2 fully saturated rings. The standard InChI is InChI=1S/C22H25N3O2S2/c1-4-15(3)25-21(26)18(29-22(25)28)13-17-12-16-7-5-6-14(2)19(16)23-20(17)24-8-10-27-11-9-24/h5-7,12-13,15H,4,8-11H2,1-3H3/b18-13-. The molecule has 1 aromatic heterocycles. The van der Waals surface area contributed by atoms with E-state index < -0.39 is 0 Å². The number of para-hydroxylation sites is 1. The van der Waals surface area contributed by atoms with Crippen molar-refractivity contribution >= 4 is 57.0 Å². The number of carbonyl (C=O) groups excluding carboxylic acids is 1. The van der Waals surface area contributed by atoms with E-state index in [9.17, 15) is 4.79 Å². The van der Waals surface area contributed by atoms with Gasteiger partial charge in [-0.05, 0) is 38.0 Å². The Balaban J connectivity index is 1.81. The molecule has 1 atom stereocenters. The first-order valence-electron chi connectivity index (χ1n) is 9.99. The number of thioether (sulfide) groups is 1. The molecule has 7 heteroatoms. The Morgan fingerprint density at radius 1 is 1.34 bits per heavy atom. The Morgan fingerprint density at radius 2 is 2.10 bits per heavy atom. The molecule has 0 spiro atoms. The van der Waals surface area contributed by atoms with Crippen molar-refractivity contribution in [2.24, 2.45) is 0 Å². The minimum atomic E-state index is -0.00776. The van der Waals surface area contributed by atoms with Crippen molar-refractivity contribution in [2.45, 2.75) is 33.2 Å².